The van der Waals surface area contributed by atoms with Gasteiger partial charge in [-0.1, -0.05) is 37.3 Å². The van der Waals surface area contributed by atoms with E-state index in [0.29, 0.717) is 13.0 Å². The Kier molecular flexibility index (Phi) is 7.59. The Balaban J connectivity index is 0.00000200. The van der Waals surface area contributed by atoms with E-state index in [1.54, 1.807) is 0 Å². The lowest BCUT2D eigenvalue weighted by molar-refractivity contribution is -0.123. The number of hydrogen-bond donors (Lipinski definition) is 2. The second kappa shape index (κ2) is 8.95. The van der Waals surface area contributed by atoms with Gasteiger partial charge in [-0.15, -0.1) is 12.4 Å². The van der Waals surface area contributed by atoms with Crippen LogP contribution >= 0.6 is 12.4 Å². The second-order valence-corrected chi connectivity index (χ2v) is 4.87. The zero-order chi connectivity index (χ0) is 13.5. The number of amides is 1. The molecule has 20 heavy (non-hydrogen) atoms. The van der Waals surface area contributed by atoms with Gasteiger partial charge in [0.1, 0.15) is 0 Å². The molecule has 2 atom stereocenters. The summed E-state index contributed by atoms with van der Waals surface area (Å²) in [6, 6.07) is 10.3. The molecule has 1 heterocycles. The van der Waals surface area contributed by atoms with E-state index in [1.807, 2.05) is 18.2 Å². The molecule has 0 aliphatic carbocycles. The Morgan fingerprint density at radius 1 is 1.45 bits per heavy atom. The van der Waals surface area contributed by atoms with Gasteiger partial charge >= 0.3 is 0 Å². The SMILES string of the molecule is CCC(NC(=O)CC1COCCN1)c1ccccc1.Cl. The first-order chi connectivity index (χ1) is 9.29. The van der Waals surface area contributed by atoms with Crippen LogP contribution in [0.15, 0.2) is 30.3 Å². The predicted octanol–water partition coefficient (Wildman–Crippen LogP) is 2.05. The van der Waals surface area contributed by atoms with Crippen LogP contribution in [0, 0.1) is 0 Å². The molecule has 2 rings (SSSR count). The second-order valence-electron chi connectivity index (χ2n) is 4.87. The molecule has 2 unspecified atom stereocenters. The molecule has 1 aliphatic heterocycles. The van der Waals surface area contributed by atoms with Crippen molar-refractivity contribution in [2.24, 2.45) is 0 Å². The Morgan fingerprint density at radius 3 is 2.80 bits per heavy atom. The van der Waals surface area contributed by atoms with Gasteiger partial charge in [0.2, 0.25) is 5.91 Å². The summed E-state index contributed by atoms with van der Waals surface area (Å²) < 4.78 is 5.36. The van der Waals surface area contributed by atoms with Crippen molar-refractivity contribution in [2.45, 2.75) is 31.8 Å². The molecule has 5 heteroatoms. The van der Waals surface area contributed by atoms with Gasteiger partial charge in [-0.2, -0.15) is 0 Å². The highest BCUT2D eigenvalue weighted by Gasteiger charge is 2.19. The van der Waals surface area contributed by atoms with Crippen LogP contribution in [0.25, 0.3) is 0 Å². The van der Waals surface area contributed by atoms with E-state index in [1.165, 1.54) is 0 Å². The molecule has 1 saturated heterocycles. The molecule has 1 amide bonds. The molecule has 1 fully saturated rings. The van der Waals surface area contributed by atoms with Crippen molar-refractivity contribution in [1.29, 1.82) is 0 Å². The summed E-state index contributed by atoms with van der Waals surface area (Å²) in [6.07, 6.45) is 1.37. The summed E-state index contributed by atoms with van der Waals surface area (Å²) in [6.45, 7) is 4.27. The molecule has 1 aliphatic rings. The summed E-state index contributed by atoms with van der Waals surface area (Å²) in [4.78, 5) is 12.0. The van der Waals surface area contributed by atoms with Gasteiger partial charge in [-0.25, -0.2) is 0 Å². The average Bonchev–Trinajstić information content (AvgIpc) is 2.47. The van der Waals surface area contributed by atoms with Crippen molar-refractivity contribution in [1.82, 2.24) is 10.6 Å². The third-order valence-electron chi connectivity index (χ3n) is 3.38. The van der Waals surface area contributed by atoms with Gasteiger partial charge in [-0.05, 0) is 12.0 Å². The molecule has 0 bridgehead atoms. The molecule has 4 nitrogen and oxygen atoms in total. The van der Waals surface area contributed by atoms with Gasteiger partial charge in [0.05, 0.1) is 19.3 Å². The molecule has 0 radical (unpaired) electrons. The first kappa shape index (κ1) is 17.0. The highest BCUT2D eigenvalue weighted by atomic mass is 35.5. The number of carbonyl (C=O) groups excluding carboxylic acids is 1. The third-order valence-corrected chi connectivity index (χ3v) is 3.38. The van der Waals surface area contributed by atoms with Gasteiger partial charge < -0.3 is 15.4 Å². The monoisotopic (exact) mass is 298 g/mol. The van der Waals surface area contributed by atoms with E-state index >= 15 is 0 Å². The van der Waals surface area contributed by atoms with Gasteiger partial charge in [0, 0.05) is 19.0 Å². The number of halogens is 1. The zero-order valence-electron chi connectivity index (χ0n) is 11.8. The number of nitrogens with one attached hydrogen (secondary N) is 2. The van der Waals surface area contributed by atoms with Crippen molar-refractivity contribution in [3.8, 4) is 0 Å². The topological polar surface area (TPSA) is 50.4 Å². The van der Waals surface area contributed by atoms with E-state index in [9.17, 15) is 4.79 Å². The van der Waals surface area contributed by atoms with Crippen molar-refractivity contribution in [2.75, 3.05) is 19.8 Å². The van der Waals surface area contributed by atoms with E-state index in [2.05, 4.69) is 29.7 Å². The van der Waals surface area contributed by atoms with Gasteiger partial charge in [0.25, 0.3) is 0 Å². The maximum atomic E-state index is 12.0. The molecular weight excluding hydrogens is 276 g/mol. The molecule has 0 spiro atoms. The first-order valence-electron chi connectivity index (χ1n) is 6.95. The summed E-state index contributed by atoms with van der Waals surface area (Å²) in [5.41, 5.74) is 1.16. The van der Waals surface area contributed by atoms with Crippen LogP contribution in [0.4, 0.5) is 0 Å². The van der Waals surface area contributed by atoms with Crippen LogP contribution in [0.3, 0.4) is 0 Å². The summed E-state index contributed by atoms with van der Waals surface area (Å²) >= 11 is 0. The minimum absolute atomic E-state index is 0. The van der Waals surface area contributed by atoms with E-state index in [-0.39, 0.29) is 30.4 Å². The molecule has 1 aromatic rings. The van der Waals surface area contributed by atoms with Gasteiger partial charge in [0.15, 0.2) is 0 Å². The van der Waals surface area contributed by atoms with Crippen LogP contribution in [-0.2, 0) is 9.53 Å². The number of ether oxygens (including phenoxy) is 1. The average molecular weight is 299 g/mol. The van der Waals surface area contributed by atoms with Crippen LogP contribution in [0.5, 0.6) is 0 Å². The van der Waals surface area contributed by atoms with Crippen LogP contribution in [0.1, 0.15) is 31.4 Å². The van der Waals surface area contributed by atoms with Crippen molar-refractivity contribution >= 4 is 18.3 Å². The summed E-state index contributed by atoms with van der Waals surface area (Å²) in [5.74, 6) is 0.0821. The predicted molar refractivity (Wildman–Crippen MR) is 82.1 cm³/mol. The lowest BCUT2D eigenvalue weighted by Crippen LogP contribution is -2.44. The van der Waals surface area contributed by atoms with Crippen molar-refractivity contribution in [3.05, 3.63) is 35.9 Å². The fraction of sp³-hybridized carbons (Fsp3) is 0.533. The molecule has 0 aromatic heterocycles. The van der Waals surface area contributed by atoms with E-state index in [4.69, 9.17) is 4.74 Å². The van der Waals surface area contributed by atoms with Crippen LogP contribution in [0.2, 0.25) is 0 Å². The standard InChI is InChI=1S/C15H22N2O2.ClH/c1-2-14(12-6-4-3-5-7-12)17-15(18)10-13-11-19-9-8-16-13;/h3-7,13-14,16H,2,8-11H2,1H3,(H,17,18);1H. The number of morpholine rings is 1. The Bertz CT molecular complexity index is 394. The summed E-state index contributed by atoms with van der Waals surface area (Å²) in [5, 5.41) is 6.39. The molecule has 112 valence electrons. The fourth-order valence-electron chi connectivity index (χ4n) is 2.33. The maximum absolute atomic E-state index is 12.0. The Labute approximate surface area is 126 Å². The normalized spacial score (nSPS) is 19.8. The number of hydrogen-bond acceptors (Lipinski definition) is 3. The number of benzene rings is 1. The summed E-state index contributed by atoms with van der Waals surface area (Å²) in [7, 11) is 0. The maximum Gasteiger partial charge on any atom is 0.222 e. The van der Waals surface area contributed by atoms with Crippen molar-refractivity contribution < 1.29 is 9.53 Å². The lowest BCUT2D eigenvalue weighted by Gasteiger charge is -2.24. The van der Waals surface area contributed by atoms with Crippen LogP contribution in [-0.4, -0.2) is 31.7 Å². The molecule has 2 N–H and O–H groups in total. The first-order valence-corrected chi connectivity index (χ1v) is 6.95. The fourth-order valence-corrected chi connectivity index (χ4v) is 2.33. The Hall–Kier alpha value is -1.10. The zero-order valence-corrected chi connectivity index (χ0v) is 12.6. The minimum atomic E-state index is 0. The van der Waals surface area contributed by atoms with Crippen molar-refractivity contribution in [3.63, 3.8) is 0 Å². The molecule has 0 saturated carbocycles. The van der Waals surface area contributed by atoms with E-state index < -0.39 is 0 Å². The smallest absolute Gasteiger partial charge is 0.222 e. The largest absolute Gasteiger partial charge is 0.378 e. The molecule has 1 aromatic carbocycles. The van der Waals surface area contributed by atoms with Crippen LogP contribution < -0.4 is 10.6 Å². The third kappa shape index (κ3) is 5.12. The minimum Gasteiger partial charge on any atom is -0.378 e. The Morgan fingerprint density at radius 2 is 2.20 bits per heavy atom. The lowest BCUT2D eigenvalue weighted by atomic mass is 10.0. The molecular formula is C15H23ClN2O2. The number of rotatable bonds is 5. The van der Waals surface area contributed by atoms with E-state index in [0.717, 1.165) is 25.1 Å². The highest BCUT2D eigenvalue weighted by Crippen LogP contribution is 2.16. The highest BCUT2D eigenvalue weighted by molar-refractivity contribution is 5.85. The quantitative estimate of drug-likeness (QED) is 0.875. The number of carbonyl (C=O) groups is 1. The van der Waals surface area contributed by atoms with Gasteiger partial charge in [-0.3, -0.25) is 4.79 Å².